The topological polar surface area (TPSA) is 122 Å². The van der Waals surface area contributed by atoms with Gasteiger partial charge >= 0.3 is 5.97 Å². The molecule has 1 aromatic carbocycles. The number of aromatic amines is 1. The van der Waals surface area contributed by atoms with Crippen molar-refractivity contribution in [3.05, 3.63) is 50.4 Å². The van der Waals surface area contributed by atoms with Crippen LogP contribution in [0.15, 0.2) is 29.2 Å². The van der Waals surface area contributed by atoms with E-state index in [4.69, 9.17) is 33.0 Å². The minimum absolute atomic E-state index is 0.153. The Balaban J connectivity index is 1.69. The second kappa shape index (κ2) is 8.38. The molecule has 2 heterocycles. The molecule has 0 spiro atoms. The lowest BCUT2D eigenvalue weighted by atomic mass is 10.2. The number of nitrogens with zero attached hydrogens (tertiary/aromatic N) is 3. The SMILES string of the molecule is O=C(O)COCCn1cc2nc(NCc3ccc(Cl)c(Cl)c3)[nH]c(=O)c2n1. The molecule has 0 aliphatic rings. The van der Waals surface area contributed by atoms with Gasteiger partial charge in [0.2, 0.25) is 5.95 Å². The summed E-state index contributed by atoms with van der Waals surface area (Å²) in [4.78, 5) is 29.5. The molecular weight excluding hydrogens is 397 g/mol. The van der Waals surface area contributed by atoms with Gasteiger partial charge in [0, 0.05) is 6.54 Å². The van der Waals surface area contributed by atoms with Gasteiger partial charge in [-0.05, 0) is 17.7 Å². The molecule has 9 nitrogen and oxygen atoms in total. The normalized spacial score (nSPS) is 11.0. The summed E-state index contributed by atoms with van der Waals surface area (Å²) < 4.78 is 6.44. The van der Waals surface area contributed by atoms with Crippen molar-refractivity contribution in [2.75, 3.05) is 18.5 Å². The van der Waals surface area contributed by atoms with E-state index < -0.39 is 5.97 Å². The highest BCUT2D eigenvalue weighted by atomic mass is 35.5. The van der Waals surface area contributed by atoms with E-state index in [0.29, 0.717) is 34.6 Å². The summed E-state index contributed by atoms with van der Waals surface area (Å²) in [5.41, 5.74) is 1.09. The zero-order valence-electron chi connectivity index (χ0n) is 13.9. The summed E-state index contributed by atoms with van der Waals surface area (Å²) in [6.07, 6.45) is 1.60. The van der Waals surface area contributed by atoms with Crippen LogP contribution < -0.4 is 10.9 Å². The fourth-order valence-corrected chi connectivity index (χ4v) is 2.64. The van der Waals surface area contributed by atoms with Crippen LogP contribution in [0.3, 0.4) is 0 Å². The number of halogens is 2. The molecule has 3 aromatic rings. The van der Waals surface area contributed by atoms with E-state index in [1.807, 2.05) is 6.07 Å². The molecule has 3 rings (SSSR count). The molecule has 0 amide bonds. The highest BCUT2D eigenvalue weighted by molar-refractivity contribution is 6.42. The average Bonchev–Trinajstić information content (AvgIpc) is 3.03. The van der Waals surface area contributed by atoms with Gasteiger partial charge in [0.05, 0.1) is 29.4 Å². The third-order valence-corrected chi connectivity index (χ3v) is 4.29. The third kappa shape index (κ3) is 4.97. The summed E-state index contributed by atoms with van der Waals surface area (Å²) in [7, 11) is 0. The molecule has 0 saturated carbocycles. The average molecular weight is 412 g/mol. The number of carboxylic acids is 1. The summed E-state index contributed by atoms with van der Waals surface area (Å²) >= 11 is 11.9. The van der Waals surface area contributed by atoms with Crippen LogP contribution in [-0.4, -0.2) is 44.0 Å². The number of carboxylic acid groups (broad SMARTS) is 1. The summed E-state index contributed by atoms with van der Waals surface area (Å²) in [5.74, 6) is -0.753. The molecule has 0 radical (unpaired) electrons. The smallest absolute Gasteiger partial charge is 0.329 e. The maximum absolute atomic E-state index is 12.2. The maximum atomic E-state index is 12.2. The Kier molecular flexibility index (Phi) is 5.94. The van der Waals surface area contributed by atoms with E-state index in [-0.39, 0.29) is 24.3 Å². The van der Waals surface area contributed by atoms with Gasteiger partial charge in [-0.25, -0.2) is 9.78 Å². The number of benzene rings is 1. The number of hydrogen-bond donors (Lipinski definition) is 3. The molecule has 27 heavy (non-hydrogen) atoms. The number of rotatable bonds is 8. The summed E-state index contributed by atoms with van der Waals surface area (Å²) in [5, 5.41) is 16.6. The van der Waals surface area contributed by atoms with Crippen molar-refractivity contribution >= 4 is 46.2 Å². The Labute approximate surface area is 162 Å². The van der Waals surface area contributed by atoms with E-state index in [0.717, 1.165) is 5.56 Å². The monoisotopic (exact) mass is 411 g/mol. The number of aromatic nitrogens is 4. The van der Waals surface area contributed by atoms with E-state index >= 15 is 0 Å². The van der Waals surface area contributed by atoms with Gasteiger partial charge in [-0.2, -0.15) is 5.10 Å². The molecule has 0 aliphatic carbocycles. The van der Waals surface area contributed by atoms with Crippen molar-refractivity contribution in [1.82, 2.24) is 19.7 Å². The zero-order chi connectivity index (χ0) is 19.4. The molecule has 0 fully saturated rings. The van der Waals surface area contributed by atoms with E-state index in [9.17, 15) is 9.59 Å². The number of H-pyrrole nitrogens is 1. The highest BCUT2D eigenvalue weighted by Gasteiger charge is 2.09. The van der Waals surface area contributed by atoms with E-state index in [1.165, 1.54) is 4.68 Å². The van der Waals surface area contributed by atoms with Crippen LogP contribution in [0.4, 0.5) is 5.95 Å². The van der Waals surface area contributed by atoms with E-state index in [2.05, 4.69) is 20.4 Å². The summed E-state index contributed by atoms with van der Waals surface area (Å²) in [6.45, 7) is 0.459. The predicted molar refractivity (Wildman–Crippen MR) is 100 cm³/mol. The number of carbonyl (C=O) groups is 1. The lowest BCUT2D eigenvalue weighted by Crippen LogP contribution is -2.14. The van der Waals surface area contributed by atoms with Gasteiger partial charge in [0.1, 0.15) is 12.1 Å². The fourth-order valence-electron chi connectivity index (χ4n) is 2.32. The fraction of sp³-hybridized carbons (Fsp3) is 0.250. The Morgan fingerprint density at radius 2 is 2.15 bits per heavy atom. The van der Waals surface area contributed by atoms with Crippen molar-refractivity contribution in [1.29, 1.82) is 0 Å². The van der Waals surface area contributed by atoms with Crippen molar-refractivity contribution in [2.24, 2.45) is 0 Å². The van der Waals surface area contributed by atoms with Crippen LogP contribution in [0.25, 0.3) is 11.0 Å². The van der Waals surface area contributed by atoms with Gasteiger partial charge in [-0.1, -0.05) is 29.3 Å². The number of ether oxygens (including phenoxy) is 1. The Hall–Kier alpha value is -2.62. The minimum atomic E-state index is -1.04. The zero-order valence-corrected chi connectivity index (χ0v) is 15.4. The van der Waals surface area contributed by atoms with Crippen LogP contribution in [0.5, 0.6) is 0 Å². The lowest BCUT2D eigenvalue weighted by molar-refractivity contribution is -0.142. The number of hydrogen-bond acceptors (Lipinski definition) is 6. The first-order chi connectivity index (χ1) is 12.9. The van der Waals surface area contributed by atoms with Gasteiger partial charge < -0.3 is 15.2 Å². The number of nitrogens with one attached hydrogen (secondary N) is 2. The Morgan fingerprint density at radius 3 is 2.89 bits per heavy atom. The van der Waals surface area contributed by atoms with Crippen molar-refractivity contribution in [3.63, 3.8) is 0 Å². The Bertz CT molecular complexity index is 1030. The first-order valence-corrected chi connectivity index (χ1v) is 8.63. The molecule has 0 unspecified atom stereocenters. The standard InChI is InChI=1S/C16H15Cl2N5O4/c17-10-2-1-9(5-11(10)18)6-19-16-20-12-7-23(3-4-27-8-13(24)25)22-14(12)15(26)21-16/h1-2,5,7H,3-4,6,8H2,(H,24,25)(H2,19,20,21,26). The van der Waals surface area contributed by atoms with Crippen molar-refractivity contribution in [2.45, 2.75) is 13.1 Å². The second-order valence-corrected chi connectivity index (χ2v) is 6.40. The largest absolute Gasteiger partial charge is 0.480 e. The highest BCUT2D eigenvalue weighted by Crippen LogP contribution is 2.22. The number of fused-ring (bicyclic) bond motifs is 1. The second-order valence-electron chi connectivity index (χ2n) is 5.59. The molecule has 0 bridgehead atoms. The number of anilines is 1. The molecule has 2 aromatic heterocycles. The molecule has 142 valence electrons. The van der Waals surface area contributed by atoms with Crippen LogP contribution in [0, 0.1) is 0 Å². The molecule has 0 aliphatic heterocycles. The first kappa shape index (κ1) is 19.2. The Morgan fingerprint density at radius 1 is 1.33 bits per heavy atom. The summed E-state index contributed by atoms with van der Waals surface area (Å²) in [6, 6.07) is 5.23. The molecule has 0 atom stereocenters. The lowest BCUT2D eigenvalue weighted by Gasteiger charge is -2.06. The third-order valence-electron chi connectivity index (χ3n) is 3.56. The van der Waals surface area contributed by atoms with Gasteiger partial charge in [0.15, 0.2) is 5.52 Å². The molecular formula is C16H15Cl2N5O4. The van der Waals surface area contributed by atoms with Crippen molar-refractivity contribution < 1.29 is 14.6 Å². The van der Waals surface area contributed by atoms with Crippen molar-refractivity contribution in [3.8, 4) is 0 Å². The quantitative estimate of drug-likeness (QED) is 0.485. The first-order valence-electron chi connectivity index (χ1n) is 7.87. The minimum Gasteiger partial charge on any atom is -0.480 e. The molecule has 0 saturated heterocycles. The van der Waals surface area contributed by atoms with Gasteiger partial charge in [0.25, 0.3) is 5.56 Å². The van der Waals surface area contributed by atoms with Gasteiger partial charge in [-0.15, -0.1) is 0 Å². The predicted octanol–water partition coefficient (Wildman–Crippen LogP) is 2.14. The van der Waals surface area contributed by atoms with Crippen LogP contribution in [0.1, 0.15) is 5.56 Å². The number of aliphatic carboxylic acids is 1. The van der Waals surface area contributed by atoms with Crippen LogP contribution >= 0.6 is 23.2 Å². The van der Waals surface area contributed by atoms with Crippen LogP contribution in [-0.2, 0) is 22.6 Å². The molecule has 3 N–H and O–H groups in total. The maximum Gasteiger partial charge on any atom is 0.329 e. The molecule has 11 heteroatoms. The van der Waals surface area contributed by atoms with Gasteiger partial charge in [-0.3, -0.25) is 14.5 Å². The van der Waals surface area contributed by atoms with Crippen LogP contribution in [0.2, 0.25) is 10.0 Å². The van der Waals surface area contributed by atoms with E-state index in [1.54, 1.807) is 18.3 Å².